The highest BCUT2D eigenvalue weighted by Gasteiger charge is 2.00. The summed E-state index contributed by atoms with van der Waals surface area (Å²) < 4.78 is 0. The maximum absolute atomic E-state index is 4.43. The van der Waals surface area contributed by atoms with Crippen LogP contribution in [0, 0.1) is 0 Å². The van der Waals surface area contributed by atoms with Gasteiger partial charge >= 0.3 is 0 Å². The van der Waals surface area contributed by atoms with Crippen molar-refractivity contribution in [3.63, 3.8) is 0 Å². The zero-order valence-corrected chi connectivity index (χ0v) is 10.6. The van der Waals surface area contributed by atoms with Crippen molar-refractivity contribution in [3.05, 3.63) is 72.5 Å². The molecule has 1 heterocycles. The molecule has 0 amide bonds. The van der Waals surface area contributed by atoms with E-state index in [-0.39, 0.29) is 0 Å². The van der Waals surface area contributed by atoms with Crippen LogP contribution in [0.15, 0.2) is 61.3 Å². The van der Waals surface area contributed by atoms with E-state index in [0.29, 0.717) is 0 Å². The van der Waals surface area contributed by atoms with Crippen LogP contribution in [0.1, 0.15) is 18.1 Å². The van der Waals surface area contributed by atoms with Crippen LogP contribution >= 0.6 is 0 Å². The Bertz CT molecular complexity index is 567. The van der Waals surface area contributed by atoms with E-state index in [2.05, 4.69) is 48.0 Å². The Labute approximate surface area is 109 Å². The van der Waals surface area contributed by atoms with Crippen molar-refractivity contribution in [2.75, 3.05) is 0 Å². The van der Waals surface area contributed by atoms with E-state index >= 15 is 0 Å². The normalized spacial score (nSPS) is 10.7. The molecule has 0 N–H and O–H groups in total. The van der Waals surface area contributed by atoms with Crippen molar-refractivity contribution in [3.8, 4) is 11.3 Å². The van der Waals surface area contributed by atoms with E-state index in [1.165, 1.54) is 5.56 Å². The van der Waals surface area contributed by atoms with Gasteiger partial charge in [0.25, 0.3) is 0 Å². The lowest BCUT2D eigenvalue weighted by molar-refractivity contribution is 1.21. The molecule has 0 radical (unpaired) electrons. The van der Waals surface area contributed by atoms with Crippen LogP contribution < -0.4 is 0 Å². The Morgan fingerprint density at radius 3 is 2.89 bits per heavy atom. The molecular formula is C17H17N. The van der Waals surface area contributed by atoms with Crippen LogP contribution in [0.3, 0.4) is 0 Å². The van der Waals surface area contributed by atoms with Crippen LogP contribution in [-0.2, 0) is 6.42 Å². The SMILES string of the molecule is C=Cc1cccc(-c2cc(CC=CC)ccn2)c1. The Morgan fingerprint density at radius 1 is 1.22 bits per heavy atom. The van der Waals surface area contributed by atoms with Crippen LogP contribution in [0.2, 0.25) is 0 Å². The molecule has 1 nitrogen and oxygen atoms in total. The number of rotatable bonds is 4. The minimum Gasteiger partial charge on any atom is -0.256 e. The van der Waals surface area contributed by atoms with Gasteiger partial charge in [0.1, 0.15) is 0 Å². The largest absolute Gasteiger partial charge is 0.256 e. The highest BCUT2D eigenvalue weighted by Crippen LogP contribution is 2.20. The molecule has 1 aromatic carbocycles. The average molecular weight is 235 g/mol. The van der Waals surface area contributed by atoms with Gasteiger partial charge in [-0.25, -0.2) is 0 Å². The van der Waals surface area contributed by atoms with Gasteiger partial charge in [-0.1, -0.05) is 43.0 Å². The maximum Gasteiger partial charge on any atom is 0.0705 e. The molecule has 0 aliphatic rings. The van der Waals surface area contributed by atoms with Crippen LogP contribution in [0.4, 0.5) is 0 Å². The van der Waals surface area contributed by atoms with E-state index in [9.17, 15) is 0 Å². The fraction of sp³-hybridized carbons (Fsp3) is 0.118. The number of allylic oxidation sites excluding steroid dienone is 2. The molecule has 0 unspecified atom stereocenters. The van der Waals surface area contributed by atoms with Crippen molar-refractivity contribution in [2.45, 2.75) is 13.3 Å². The lowest BCUT2D eigenvalue weighted by atomic mass is 10.0. The van der Waals surface area contributed by atoms with Crippen molar-refractivity contribution in [1.82, 2.24) is 4.98 Å². The number of nitrogens with zero attached hydrogens (tertiary/aromatic N) is 1. The average Bonchev–Trinajstić information content (AvgIpc) is 2.45. The van der Waals surface area contributed by atoms with Crippen LogP contribution in [-0.4, -0.2) is 4.98 Å². The minimum atomic E-state index is 0.952. The summed E-state index contributed by atoms with van der Waals surface area (Å²) in [4.78, 5) is 4.43. The predicted octanol–water partition coefficient (Wildman–Crippen LogP) is 4.51. The van der Waals surface area contributed by atoms with E-state index in [0.717, 1.165) is 23.2 Å². The van der Waals surface area contributed by atoms with Gasteiger partial charge in [0.15, 0.2) is 0 Å². The van der Waals surface area contributed by atoms with Gasteiger partial charge in [-0.15, -0.1) is 0 Å². The third-order valence-corrected chi connectivity index (χ3v) is 2.83. The predicted molar refractivity (Wildman–Crippen MR) is 78.3 cm³/mol. The van der Waals surface area contributed by atoms with Crippen LogP contribution in [0.5, 0.6) is 0 Å². The number of aromatic nitrogens is 1. The molecule has 0 fully saturated rings. The molecule has 0 saturated carbocycles. The summed E-state index contributed by atoms with van der Waals surface area (Å²) in [7, 11) is 0. The Balaban J connectivity index is 2.34. The second-order valence-electron chi connectivity index (χ2n) is 4.15. The molecule has 0 aliphatic heterocycles. The van der Waals surface area contributed by atoms with Crippen LogP contribution in [0.25, 0.3) is 17.3 Å². The highest BCUT2D eigenvalue weighted by atomic mass is 14.7. The standard InChI is InChI=1S/C17H17N/c1-3-5-7-15-10-11-18-17(13-15)16-9-6-8-14(4-2)12-16/h3-6,8-13H,2,7H2,1H3. The molecule has 18 heavy (non-hydrogen) atoms. The van der Waals surface area contributed by atoms with Gasteiger partial charge in [-0.05, 0) is 42.7 Å². The van der Waals surface area contributed by atoms with Gasteiger partial charge in [0, 0.05) is 11.8 Å². The second-order valence-corrected chi connectivity index (χ2v) is 4.15. The highest BCUT2D eigenvalue weighted by molar-refractivity contribution is 5.64. The van der Waals surface area contributed by atoms with Crippen molar-refractivity contribution < 1.29 is 0 Å². The van der Waals surface area contributed by atoms with Gasteiger partial charge in [-0.3, -0.25) is 4.98 Å². The summed E-state index contributed by atoms with van der Waals surface area (Å²) >= 11 is 0. The summed E-state index contributed by atoms with van der Waals surface area (Å²) in [6.07, 6.45) is 8.90. The van der Waals surface area contributed by atoms with Gasteiger partial charge in [-0.2, -0.15) is 0 Å². The quantitative estimate of drug-likeness (QED) is 0.710. The summed E-state index contributed by atoms with van der Waals surface area (Å²) in [6, 6.07) is 12.5. The Hall–Kier alpha value is -2.15. The third-order valence-electron chi connectivity index (χ3n) is 2.83. The molecule has 1 heteroatoms. The fourth-order valence-electron chi connectivity index (χ4n) is 1.84. The Kier molecular flexibility index (Phi) is 4.08. The summed E-state index contributed by atoms with van der Waals surface area (Å²) in [5.74, 6) is 0. The number of hydrogen-bond donors (Lipinski definition) is 0. The summed E-state index contributed by atoms with van der Waals surface area (Å²) in [5.41, 5.74) is 4.55. The summed E-state index contributed by atoms with van der Waals surface area (Å²) in [5, 5.41) is 0. The fourth-order valence-corrected chi connectivity index (χ4v) is 1.84. The molecule has 0 saturated heterocycles. The van der Waals surface area contributed by atoms with Crippen molar-refractivity contribution in [2.24, 2.45) is 0 Å². The molecule has 0 aliphatic carbocycles. The van der Waals surface area contributed by atoms with Gasteiger partial charge in [0.2, 0.25) is 0 Å². The molecule has 2 rings (SSSR count). The molecule has 0 spiro atoms. The number of pyridine rings is 1. The molecule has 0 atom stereocenters. The van der Waals surface area contributed by atoms with Gasteiger partial charge < -0.3 is 0 Å². The number of hydrogen-bond acceptors (Lipinski definition) is 1. The first-order chi connectivity index (χ1) is 8.83. The van der Waals surface area contributed by atoms with E-state index in [1.54, 1.807) is 0 Å². The lowest BCUT2D eigenvalue weighted by Crippen LogP contribution is -1.88. The van der Waals surface area contributed by atoms with Gasteiger partial charge in [0.05, 0.1) is 5.69 Å². The zero-order valence-electron chi connectivity index (χ0n) is 10.6. The molecule has 0 bridgehead atoms. The topological polar surface area (TPSA) is 12.9 Å². The molecular weight excluding hydrogens is 218 g/mol. The molecule has 2 aromatic rings. The molecule has 1 aromatic heterocycles. The number of benzene rings is 1. The van der Waals surface area contributed by atoms with E-state index in [1.807, 2.05) is 31.3 Å². The monoisotopic (exact) mass is 235 g/mol. The van der Waals surface area contributed by atoms with E-state index < -0.39 is 0 Å². The lowest BCUT2D eigenvalue weighted by Gasteiger charge is -2.04. The first-order valence-electron chi connectivity index (χ1n) is 6.12. The first-order valence-corrected chi connectivity index (χ1v) is 6.12. The maximum atomic E-state index is 4.43. The first kappa shape index (κ1) is 12.3. The zero-order chi connectivity index (χ0) is 12.8. The second kappa shape index (κ2) is 5.97. The Morgan fingerprint density at radius 2 is 2.11 bits per heavy atom. The molecule has 90 valence electrons. The van der Waals surface area contributed by atoms with E-state index in [4.69, 9.17) is 0 Å². The summed E-state index contributed by atoms with van der Waals surface area (Å²) in [6.45, 7) is 5.83. The smallest absolute Gasteiger partial charge is 0.0705 e. The third kappa shape index (κ3) is 2.95. The van der Waals surface area contributed by atoms with Crippen molar-refractivity contribution >= 4 is 6.08 Å². The minimum absolute atomic E-state index is 0.952. The van der Waals surface area contributed by atoms with Crippen molar-refractivity contribution in [1.29, 1.82) is 0 Å².